The number of rotatable bonds is 6. The minimum atomic E-state index is 1.15. The standard InChI is InChI=1S/C60H39N3/c1-3-15-40(16-4-1)47-19-7-8-20-48(47)41-27-31-45(32-28-41)62-55-24-12-9-21-49(55)52-37-42(29-34-58(52)62)43-30-35-59-53(38-43)50-22-10-14-26-57(50)63(59)46-33-36-60-54(39-46)51-23-11-13-25-56(51)61(60)44-17-5-2-6-18-44/h1-39H. The van der Waals surface area contributed by atoms with Crippen molar-refractivity contribution in [2.75, 3.05) is 0 Å². The molecule has 294 valence electrons. The van der Waals surface area contributed by atoms with Crippen LogP contribution in [-0.2, 0) is 0 Å². The van der Waals surface area contributed by atoms with Crippen LogP contribution in [0.2, 0.25) is 0 Å². The lowest BCUT2D eigenvalue weighted by Gasteiger charge is -2.12. The quantitative estimate of drug-likeness (QED) is 0.159. The molecule has 3 aromatic heterocycles. The minimum Gasteiger partial charge on any atom is -0.309 e. The highest BCUT2D eigenvalue weighted by Gasteiger charge is 2.19. The van der Waals surface area contributed by atoms with Crippen molar-refractivity contribution in [1.82, 2.24) is 13.7 Å². The molecule has 0 N–H and O–H groups in total. The molecule has 0 spiro atoms. The maximum absolute atomic E-state index is 2.44. The molecule has 3 heteroatoms. The van der Waals surface area contributed by atoms with Crippen LogP contribution in [0.15, 0.2) is 237 Å². The summed E-state index contributed by atoms with van der Waals surface area (Å²) in [6.07, 6.45) is 0. The number of fused-ring (bicyclic) bond motifs is 9. The van der Waals surface area contributed by atoms with E-state index in [2.05, 4.69) is 250 Å². The molecule has 0 radical (unpaired) electrons. The highest BCUT2D eigenvalue weighted by Crippen LogP contribution is 2.41. The van der Waals surface area contributed by atoms with Crippen LogP contribution in [0, 0.1) is 0 Å². The van der Waals surface area contributed by atoms with Gasteiger partial charge in [-0.15, -0.1) is 0 Å². The Morgan fingerprint density at radius 3 is 1.05 bits per heavy atom. The first-order chi connectivity index (χ1) is 31.3. The Balaban J connectivity index is 0.917. The third-order valence-electron chi connectivity index (χ3n) is 13.1. The van der Waals surface area contributed by atoms with Gasteiger partial charge in [-0.3, -0.25) is 0 Å². The molecule has 3 heterocycles. The maximum atomic E-state index is 2.44. The van der Waals surface area contributed by atoms with E-state index in [0.717, 1.165) is 11.4 Å². The van der Waals surface area contributed by atoms with Crippen molar-refractivity contribution in [3.8, 4) is 50.4 Å². The summed E-state index contributed by atoms with van der Waals surface area (Å²) in [5.41, 5.74) is 18.0. The number of benzene rings is 10. The molecule has 0 saturated heterocycles. The van der Waals surface area contributed by atoms with Crippen molar-refractivity contribution in [1.29, 1.82) is 0 Å². The predicted octanol–water partition coefficient (Wildman–Crippen LogP) is 16.0. The van der Waals surface area contributed by atoms with E-state index >= 15 is 0 Å². The second-order valence-electron chi connectivity index (χ2n) is 16.5. The molecule has 10 aromatic carbocycles. The van der Waals surface area contributed by atoms with Crippen molar-refractivity contribution in [3.63, 3.8) is 0 Å². The van der Waals surface area contributed by atoms with Crippen LogP contribution in [0.5, 0.6) is 0 Å². The molecule has 0 saturated carbocycles. The minimum absolute atomic E-state index is 1.15. The van der Waals surface area contributed by atoms with Gasteiger partial charge in [0.2, 0.25) is 0 Å². The lowest BCUT2D eigenvalue weighted by atomic mass is 9.94. The van der Waals surface area contributed by atoms with Gasteiger partial charge in [-0.25, -0.2) is 0 Å². The molecule has 0 aliphatic heterocycles. The normalized spacial score (nSPS) is 11.8. The fourth-order valence-corrected chi connectivity index (χ4v) is 10.2. The Morgan fingerprint density at radius 2 is 0.524 bits per heavy atom. The molecular formula is C60H39N3. The summed E-state index contributed by atoms with van der Waals surface area (Å²) in [6.45, 7) is 0. The Labute approximate surface area is 364 Å². The van der Waals surface area contributed by atoms with Crippen molar-refractivity contribution >= 4 is 65.4 Å². The predicted molar refractivity (Wildman–Crippen MR) is 266 cm³/mol. The third kappa shape index (κ3) is 5.53. The van der Waals surface area contributed by atoms with Gasteiger partial charge in [-0.05, 0) is 118 Å². The molecule has 0 unspecified atom stereocenters. The molecule has 0 aliphatic rings. The largest absolute Gasteiger partial charge is 0.309 e. The second kappa shape index (κ2) is 14.1. The average Bonchev–Trinajstić information content (AvgIpc) is 3.99. The van der Waals surface area contributed by atoms with Gasteiger partial charge in [-0.2, -0.15) is 0 Å². The van der Waals surface area contributed by atoms with Crippen LogP contribution in [0.1, 0.15) is 0 Å². The molecule has 13 rings (SSSR count). The third-order valence-corrected chi connectivity index (χ3v) is 13.1. The van der Waals surface area contributed by atoms with Gasteiger partial charge < -0.3 is 13.7 Å². The van der Waals surface area contributed by atoms with E-state index in [1.807, 2.05) is 0 Å². The number of nitrogens with zero attached hydrogens (tertiary/aromatic N) is 3. The Kier molecular flexibility index (Phi) is 7.91. The molecule has 63 heavy (non-hydrogen) atoms. The summed E-state index contributed by atoms with van der Waals surface area (Å²) >= 11 is 0. The maximum Gasteiger partial charge on any atom is 0.0542 e. The van der Waals surface area contributed by atoms with Gasteiger partial charge in [0, 0.05) is 49.4 Å². The van der Waals surface area contributed by atoms with Crippen molar-refractivity contribution in [2.24, 2.45) is 0 Å². The first kappa shape index (κ1) is 35.4. The van der Waals surface area contributed by atoms with Gasteiger partial charge in [0.05, 0.1) is 33.1 Å². The highest BCUT2D eigenvalue weighted by atomic mass is 15.0. The highest BCUT2D eigenvalue weighted by molar-refractivity contribution is 6.14. The Hall–Kier alpha value is -8.40. The summed E-state index contributed by atoms with van der Waals surface area (Å²) in [5.74, 6) is 0. The zero-order chi connectivity index (χ0) is 41.4. The molecule has 0 atom stereocenters. The summed E-state index contributed by atoms with van der Waals surface area (Å²) < 4.78 is 7.22. The smallest absolute Gasteiger partial charge is 0.0542 e. The van der Waals surface area contributed by atoms with Crippen LogP contribution < -0.4 is 0 Å². The van der Waals surface area contributed by atoms with E-state index in [0.29, 0.717) is 0 Å². The van der Waals surface area contributed by atoms with E-state index in [1.165, 1.54) is 104 Å². The summed E-state index contributed by atoms with van der Waals surface area (Å²) in [7, 11) is 0. The van der Waals surface area contributed by atoms with Crippen LogP contribution in [-0.4, -0.2) is 13.7 Å². The molecule has 0 bridgehead atoms. The number of hydrogen-bond acceptors (Lipinski definition) is 0. The molecule has 3 nitrogen and oxygen atoms in total. The van der Waals surface area contributed by atoms with E-state index in [1.54, 1.807) is 0 Å². The molecule has 0 fully saturated rings. The van der Waals surface area contributed by atoms with Crippen molar-refractivity contribution in [3.05, 3.63) is 237 Å². The average molecular weight is 802 g/mol. The molecule has 0 amide bonds. The summed E-state index contributed by atoms with van der Waals surface area (Å²) in [4.78, 5) is 0. The van der Waals surface area contributed by atoms with Crippen molar-refractivity contribution < 1.29 is 0 Å². The van der Waals surface area contributed by atoms with E-state index in [-0.39, 0.29) is 0 Å². The second-order valence-corrected chi connectivity index (χ2v) is 16.5. The molecule has 0 aliphatic carbocycles. The van der Waals surface area contributed by atoms with E-state index < -0.39 is 0 Å². The molecule has 13 aromatic rings. The van der Waals surface area contributed by atoms with E-state index in [4.69, 9.17) is 0 Å². The summed E-state index contributed by atoms with van der Waals surface area (Å²) in [6, 6.07) is 86.4. The lowest BCUT2D eigenvalue weighted by molar-refractivity contribution is 1.17. The number of aromatic nitrogens is 3. The first-order valence-corrected chi connectivity index (χ1v) is 21.7. The van der Waals surface area contributed by atoms with Gasteiger partial charge in [-0.1, -0.05) is 152 Å². The van der Waals surface area contributed by atoms with E-state index in [9.17, 15) is 0 Å². The lowest BCUT2D eigenvalue weighted by Crippen LogP contribution is -1.95. The Morgan fingerprint density at radius 1 is 0.190 bits per heavy atom. The van der Waals surface area contributed by atoms with Gasteiger partial charge in [0.15, 0.2) is 0 Å². The molecular weight excluding hydrogens is 763 g/mol. The number of para-hydroxylation sites is 4. The zero-order valence-corrected chi connectivity index (χ0v) is 34.4. The number of hydrogen-bond donors (Lipinski definition) is 0. The SMILES string of the molecule is c1ccc(-c2ccccc2-c2ccc(-n3c4ccccc4c4cc(-c5ccc6c(c5)c5ccccc5n6-c5ccc6c(c5)c5ccccc5n6-c5ccccc5)ccc43)cc2)cc1. The fraction of sp³-hybridized carbons (Fsp3) is 0. The zero-order valence-electron chi connectivity index (χ0n) is 34.4. The van der Waals surface area contributed by atoms with Crippen LogP contribution in [0.3, 0.4) is 0 Å². The first-order valence-electron chi connectivity index (χ1n) is 21.7. The van der Waals surface area contributed by atoms with Gasteiger partial charge in [0.25, 0.3) is 0 Å². The van der Waals surface area contributed by atoms with Crippen LogP contribution in [0.4, 0.5) is 0 Å². The van der Waals surface area contributed by atoms with Crippen LogP contribution in [0.25, 0.3) is 116 Å². The topological polar surface area (TPSA) is 14.8 Å². The fourth-order valence-electron chi connectivity index (χ4n) is 10.2. The van der Waals surface area contributed by atoms with Gasteiger partial charge >= 0.3 is 0 Å². The Bertz CT molecular complexity index is 3880. The monoisotopic (exact) mass is 801 g/mol. The summed E-state index contributed by atoms with van der Waals surface area (Å²) in [5, 5.41) is 7.47. The van der Waals surface area contributed by atoms with Gasteiger partial charge in [0.1, 0.15) is 0 Å². The van der Waals surface area contributed by atoms with Crippen molar-refractivity contribution in [2.45, 2.75) is 0 Å². The van der Waals surface area contributed by atoms with Crippen LogP contribution >= 0.6 is 0 Å².